The van der Waals surface area contributed by atoms with E-state index in [4.69, 9.17) is 14.0 Å². The van der Waals surface area contributed by atoms with Gasteiger partial charge in [0.05, 0.1) is 40.6 Å². The van der Waals surface area contributed by atoms with Crippen LogP contribution in [0.1, 0.15) is 59.0 Å². The van der Waals surface area contributed by atoms with E-state index in [1.807, 2.05) is 6.07 Å². The van der Waals surface area contributed by atoms with Crippen LogP contribution in [-0.4, -0.2) is 41.3 Å². The number of nitrogens with one attached hydrogen (secondary N) is 2. The fourth-order valence-corrected chi connectivity index (χ4v) is 4.16. The second-order valence-electron chi connectivity index (χ2n) is 8.45. The smallest absolute Gasteiger partial charge is 0.339 e. The minimum atomic E-state index is -0.757. The molecule has 0 saturated heterocycles. The number of aryl methyl sites for hydroxylation is 1. The van der Waals surface area contributed by atoms with Crippen molar-refractivity contribution in [2.45, 2.75) is 38.6 Å². The number of fused-ring (bicyclic) bond motifs is 1. The van der Waals surface area contributed by atoms with Crippen molar-refractivity contribution in [1.29, 1.82) is 0 Å². The Kier molecular flexibility index (Phi) is 5.94. The van der Waals surface area contributed by atoms with Gasteiger partial charge in [-0.05, 0) is 38.3 Å². The molecule has 0 spiro atoms. The van der Waals surface area contributed by atoms with Gasteiger partial charge < -0.3 is 24.6 Å². The molecular weight excluding hydrogens is 452 g/mol. The largest absolute Gasteiger partial charge is 0.463 e. The van der Waals surface area contributed by atoms with Crippen molar-refractivity contribution in [2.24, 2.45) is 0 Å². The Labute approximate surface area is 200 Å². The van der Waals surface area contributed by atoms with Gasteiger partial charge in [-0.25, -0.2) is 19.4 Å². The van der Waals surface area contributed by atoms with Crippen molar-refractivity contribution in [3.8, 4) is 0 Å². The number of benzene rings is 1. The molecule has 10 nitrogen and oxygen atoms in total. The Morgan fingerprint density at radius 1 is 1.14 bits per heavy atom. The molecule has 0 bridgehead atoms. The number of nitrogens with zero attached hydrogens (tertiary/aromatic N) is 2. The number of pyridine rings is 1. The fraction of sp³-hybridized carbons (Fsp3) is 0.320. The van der Waals surface area contributed by atoms with E-state index in [9.17, 15) is 14.4 Å². The zero-order valence-corrected chi connectivity index (χ0v) is 19.3. The van der Waals surface area contributed by atoms with E-state index in [-0.39, 0.29) is 41.7 Å². The highest BCUT2D eigenvalue weighted by atomic mass is 16.5. The number of ether oxygens (including phenoxy) is 2. The molecule has 2 amide bonds. The van der Waals surface area contributed by atoms with Crippen molar-refractivity contribution in [1.82, 2.24) is 20.8 Å². The number of amides is 2. The predicted octanol–water partition coefficient (Wildman–Crippen LogP) is 3.44. The Morgan fingerprint density at radius 3 is 2.63 bits per heavy atom. The number of esters is 2. The van der Waals surface area contributed by atoms with Gasteiger partial charge in [-0.1, -0.05) is 35.5 Å². The normalized spacial score (nSPS) is 17.7. The maximum atomic E-state index is 13.2. The third-order valence-corrected chi connectivity index (χ3v) is 5.98. The molecule has 1 saturated carbocycles. The van der Waals surface area contributed by atoms with E-state index in [0.29, 0.717) is 16.6 Å². The quantitative estimate of drug-likeness (QED) is 0.496. The van der Waals surface area contributed by atoms with E-state index in [0.717, 1.165) is 18.5 Å². The highest BCUT2D eigenvalue weighted by Gasteiger charge is 2.35. The highest BCUT2D eigenvalue weighted by Crippen LogP contribution is 2.40. The molecule has 3 aromatic rings. The van der Waals surface area contributed by atoms with E-state index < -0.39 is 24.0 Å². The molecule has 1 atom stereocenters. The minimum absolute atomic E-state index is 0.149. The molecule has 1 aliphatic carbocycles. The molecule has 1 aromatic carbocycles. The standard InChI is InChI=1S/C25H24N4O6/c1-3-33-24(31)20-18(27-25(32)28-21(20)15-7-5-4-6-8-15)12-34-23(30)16-11-17(14-9-10-14)26-22-19(16)13(2)29-35-22/h4-8,11,14,21H,3,9-10,12H2,1-2H3,(H2,27,28,32). The molecule has 5 rings (SSSR count). The lowest BCUT2D eigenvalue weighted by Gasteiger charge is -2.29. The molecule has 1 fully saturated rings. The van der Waals surface area contributed by atoms with Crippen LogP contribution in [-0.2, 0) is 14.3 Å². The van der Waals surface area contributed by atoms with Crippen LogP contribution in [0.15, 0.2) is 52.2 Å². The Balaban J connectivity index is 1.48. The molecule has 2 aromatic heterocycles. The van der Waals surface area contributed by atoms with Crippen molar-refractivity contribution in [3.63, 3.8) is 0 Å². The van der Waals surface area contributed by atoms with Crippen LogP contribution in [0.2, 0.25) is 0 Å². The lowest BCUT2D eigenvalue weighted by atomic mass is 9.95. The summed E-state index contributed by atoms with van der Waals surface area (Å²) in [6.45, 7) is 3.23. The van der Waals surface area contributed by atoms with E-state index in [2.05, 4.69) is 20.8 Å². The summed E-state index contributed by atoms with van der Waals surface area (Å²) >= 11 is 0. The fourth-order valence-electron chi connectivity index (χ4n) is 4.16. The number of hydrogen-bond acceptors (Lipinski definition) is 8. The number of carbonyl (C=O) groups is 3. The predicted molar refractivity (Wildman–Crippen MR) is 123 cm³/mol. The van der Waals surface area contributed by atoms with Crippen molar-refractivity contribution in [2.75, 3.05) is 13.2 Å². The number of carbonyl (C=O) groups excluding carboxylic acids is 3. The molecule has 1 unspecified atom stereocenters. The molecule has 3 heterocycles. The Morgan fingerprint density at radius 2 is 1.91 bits per heavy atom. The molecule has 1 aliphatic heterocycles. The summed E-state index contributed by atoms with van der Waals surface area (Å²) in [7, 11) is 0. The van der Waals surface area contributed by atoms with Gasteiger partial charge in [-0.15, -0.1) is 0 Å². The van der Waals surface area contributed by atoms with Crippen LogP contribution in [0.5, 0.6) is 0 Å². The van der Waals surface area contributed by atoms with Crippen molar-refractivity contribution < 1.29 is 28.4 Å². The van der Waals surface area contributed by atoms with Gasteiger partial charge >= 0.3 is 18.0 Å². The number of aromatic nitrogens is 2. The second kappa shape index (κ2) is 9.21. The first-order valence-electron chi connectivity index (χ1n) is 11.4. The topological polar surface area (TPSA) is 133 Å². The van der Waals surface area contributed by atoms with Crippen LogP contribution in [0, 0.1) is 6.92 Å². The summed E-state index contributed by atoms with van der Waals surface area (Å²) in [6.07, 6.45) is 1.99. The zero-order chi connectivity index (χ0) is 24.5. The third-order valence-electron chi connectivity index (χ3n) is 5.98. The minimum Gasteiger partial charge on any atom is -0.463 e. The SMILES string of the molecule is CCOC(=O)C1=C(COC(=O)c2cc(C3CC3)nc3onc(C)c23)NC(=O)NC1c1ccccc1. The van der Waals surface area contributed by atoms with Gasteiger partial charge in [-0.3, -0.25) is 0 Å². The van der Waals surface area contributed by atoms with Gasteiger partial charge in [-0.2, -0.15) is 0 Å². The lowest BCUT2D eigenvalue weighted by molar-refractivity contribution is -0.139. The van der Waals surface area contributed by atoms with Gasteiger partial charge in [0, 0.05) is 11.6 Å². The van der Waals surface area contributed by atoms with Crippen LogP contribution >= 0.6 is 0 Å². The molecule has 0 radical (unpaired) electrons. The van der Waals surface area contributed by atoms with E-state index in [1.54, 1.807) is 44.2 Å². The van der Waals surface area contributed by atoms with Crippen LogP contribution in [0.25, 0.3) is 11.1 Å². The summed E-state index contributed by atoms with van der Waals surface area (Å²) < 4.78 is 16.1. The van der Waals surface area contributed by atoms with Crippen LogP contribution in [0.4, 0.5) is 4.79 Å². The van der Waals surface area contributed by atoms with E-state index >= 15 is 0 Å². The summed E-state index contributed by atoms with van der Waals surface area (Å²) in [5.74, 6) is -0.965. The summed E-state index contributed by atoms with van der Waals surface area (Å²) in [6, 6.07) is 9.46. The zero-order valence-electron chi connectivity index (χ0n) is 19.3. The first-order chi connectivity index (χ1) is 17.0. The highest BCUT2D eigenvalue weighted by molar-refractivity contribution is 6.03. The average molecular weight is 476 g/mol. The van der Waals surface area contributed by atoms with E-state index in [1.165, 1.54) is 0 Å². The summed E-state index contributed by atoms with van der Waals surface area (Å²) in [4.78, 5) is 43.0. The van der Waals surface area contributed by atoms with Crippen LogP contribution < -0.4 is 10.6 Å². The number of rotatable bonds is 7. The molecule has 180 valence electrons. The summed E-state index contributed by atoms with van der Waals surface area (Å²) in [5, 5.41) is 9.77. The monoisotopic (exact) mass is 476 g/mol. The first-order valence-corrected chi connectivity index (χ1v) is 11.4. The number of urea groups is 1. The van der Waals surface area contributed by atoms with Crippen LogP contribution in [0.3, 0.4) is 0 Å². The first kappa shape index (κ1) is 22.6. The lowest BCUT2D eigenvalue weighted by Crippen LogP contribution is -2.47. The molecule has 10 heteroatoms. The molecular formula is C25H24N4O6. The molecule has 35 heavy (non-hydrogen) atoms. The Bertz CT molecular complexity index is 1340. The van der Waals surface area contributed by atoms with Gasteiger partial charge in [0.15, 0.2) is 0 Å². The van der Waals surface area contributed by atoms with Gasteiger partial charge in [0.1, 0.15) is 6.61 Å². The average Bonchev–Trinajstić information content (AvgIpc) is 3.65. The van der Waals surface area contributed by atoms with Crippen molar-refractivity contribution in [3.05, 3.63) is 70.2 Å². The third kappa shape index (κ3) is 4.46. The summed E-state index contributed by atoms with van der Waals surface area (Å²) in [5.41, 5.74) is 2.87. The molecule has 2 N–H and O–H groups in total. The Hall–Kier alpha value is -4.21. The second-order valence-corrected chi connectivity index (χ2v) is 8.45. The van der Waals surface area contributed by atoms with Gasteiger partial charge in [0.25, 0.3) is 5.71 Å². The number of hydrogen-bond donors (Lipinski definition) is 2. The maximum absolute atomic E-state index is 13.2. The molecule has 2 aliphatic rings. The van der Waals surface area contributed by atoms with Gasteiger partial charge in [0.2, 0.25) is 0 Å². The van der Waals surface area contributed by atoms with Crippen molar-refractivity contribution >= 4 is 29.1 Å². The maximum Gasteiger partial charge on any atom is 0.339 e.